The van der Waals surface area contributed by atoms with Crippen molar-refractivity contribution in [1.29, 1.82) is 0 Å². The Kier molecular flexibility index (Phi) is 6.97. The molecular formula is C23H31N3O5. The van der Waals surface area contributed by atoms with Crippen molar-refractivity contribution in [3.05, 3.63) is 29.3 Å². The Morgan fingerprint density at radius 1 is 1.19 bits per heavy atom. The first kappa shape index (κ1) is 22.8. The Bertz CT molecular complexity index is 874. The number of piperidine rings is 1. The lowest BCUT2D eigenvalue weighted by Crippen LogP contribution is -2.52. The average molecular weight is 430 g/mol. The van der Waals surface area contributed by atoms with Gasteiger partial charge in [-0.15, -0.1) is 0 Å². The predicted molar refractivity (Wildman–Crippen MR) is 115 cm³/mol. The van der Waals surface area contributed by atoms with Crippen molar-refractivity contribution in [1.82, 2.24) is 10.2 Å². The summed E-state index contributed by atoms with van der Waals surface area (Å²) >= 11 is 0. The Morgan fingerprint density at radius 2 is 1.97 bits per heavy atom. The molecule has 2 aliphatic heterocycles. The number of amides is 3. The number of nitrogens with zero attached hydrogens (tertiary/aromatic N) is 1. The van der Waals surface area contributed by atoms with Crippen molar-refractivity contribution in [3.8, 4) is 0 Å². The van der Waals surface area contributed by atoms with Crippen molar-refractivity contribution < 1.29 is 23.9 Å². The van der Waals surface area contributed by atoms with E-state index >= 15 is 0 Å². The number of hydrogen-bond acceptors (Lipinski definition) is 6. The molecule has 0 aliphatic carbocycles. The molecule has 1 atom stereocenters. The van der Waals surface area contributed by atoms with Gasteiger partial charge < -0.3 is 15.0 Å². The summed E-state index contributed by atoms with van der Waals surface area (Å²) in [7, 11) is 0. The zero-order valence-electron chi connectivity index (χ0n) is 18.5. The fourth-order valence-electron chi connectivity index (χ4n) is 3.94. The molecule has 1 unspecified atom stereocenters. The summed E-state index contributed by atoms with van der Waals surface area (Å²) in [5.74, 6) is -1.05. The number of carbonyl (C=O) groups excluding carboxylic acids is 4. The average Bonchev–Trinajstić information content (AvgIpc) is 3.00. The van der Waals surface area contributed by atoms with E-state index in [4.69, 9.17) is 4.74 Å². The van der Waals surface area contributed by atoms with Crippen molar-refractivity contribution in [2.45, 2.75) is 77.5 Å². The molecular weight excluding hydrogens is 398 g/mol. The normalized spacial score (nSPS) is 18.6. The minimum Gasteiger partial charge on any atom is -0.460 e. The van der Waals surface area contributed by atoms with Crippen LogP contribution in [-0.2, 0) is 25.7 Å². The molecule has 31 heavy (non-hydrogen) atoms. The number of hydrogen-bond donors (Lipinski definition) is 2. The van der Waals surface area contributed by atoms with Crippen LogP contribution in [0.5, 0.6) is 0 Å². The predicted octanol–water partition coefficient (Wildman–Crippen LogP) is 2.76. The maximum atomic E-state index is 12.8. The molecule has 1 aromatic carbocycles. The van der Waals surface area contributed by atoms with Crippen LogP contribution in [0.3, 0.4) is 0 Å². The van der Waals surface area contributed by atoms with Crippen LogP contribution in [0.2, 0.25) is 0 Å². The van der Waals surface area contributed by atoms with E-state index in [0.29, 0.717) is 24.9 Å². The summed E-state index contributed by atoms with van der Waals surface area (Å²) in [4.78, 5) is 49.8. The molecule has 3 rings (SSSR count). The second-order valence-corrected chi connectivity index (χ2v) is 9.06. The molecule has 2 N–H and O–H groups in total. The molecule has 1 saturated heterocycles. The van der Waals surface area contributed by atoms with Crippen LogP contribution in [-0.4, -0.2) is 46.8 Å². The van der Waals surface area contributed by atoms with Gasteiger partial charge in [0.15, 0.2) is 0 Å². The molecule has 168 valence electrons. The summed E-state index contributed by atoms with van der Waals surface area (Å²) < 4.78 is 5.31. The zero-order valence-corrected chi connectivity index (χ0v) is 18.5. The lowest BCUT2D eigenvalue weighted by atomic mass is 10.0. The molecule has 8 nitrogen and oxygen atoms in total. The van der Waals surface area contributed by atoms with Gasteiger partial charge in [-0.25, -0.2) is 0 Å². The van der Waals surface area contributed by atoms with Crippen molar-refractivity contribution in [2.24, 2.45) is 0 Å². The van der Waals surface area contributed by atoms with Crippen molar-refractivity contribution >= 4 is 29.4 Å². The minimum absolute atomic E-state index is 0.173. The van der Waals surface area contributed by atoms with Gasteiger partial charge in [-0.2, -0.15) is 0 Å². The summed E-state index contributed by atoms with van der Waals surface area (Å²) in [6.45, 7) is 6.65. The van der Waals surface area contributed by atoms with Crippen LogP contribution < -0.4 is 10.6 Å². The minimum atomic E-state index is -0.613. The fourth-order valence-corrected chi connectivity index (χ4v) is 3.94. The molecule has 0 bridgehead atoms. The van der Waals surface area contributed by atoms with Gasteiger partial charge in [0, 0.05) is 42.7 Å². The number of rotatable bonds is 8. The van der Waals surface area contributed by atoms with E-state index in [1.165, 1.54) is 0 Å². The van der Waals surface area contributed by atoms with E-state index in [-0.39, 0.29) is 24.2 Å². The maximum Gasteiger partial charge on any atom is 0.306 e. The third-order valence-corrected chi connectivity index (χ3v) is 5.38. The van der Waals surface area contributed by atoms with Gasteiger partial charge in [-0.3, -0.25) is 24.5 Å². The highest BCUT2D eigenvalue weighted by Crippen LogP contribution is 2.32. The number of fused-ring (bicyclic) bond motifs is 1. The molecule has 2 aliphatic rings. The van der Waals surface area contributed by atoms with Crippen LogP contribution in [0.25, 0.3) is 0 Å². The van der Waals surface area contributed by atoms with E-state index in [2.05, 4.69) is 10.6 Å². The Morgan fingerprint density at radius 3 is 2.68 bits per heavy atom. The monoisotopic (exact) mass is 429 g/mol. The number of unbranched alkanes of at least 4 members (excludes halogenated alkanes) is 2. The third-order valence-electron chi connectivity index (χ3n) is 5.38. The maximum absolute atomic E-state index is 12.8. The molecule has 1 fully saturated rings. The first-order chi connectivity index (χ1) is 14.7. The zero-order chi connectivity index (χ0) is 22.6. The van der Waals surface area contributed by atoms with Crippen LogP contribution in [0.15, 0.2) is 18.2 Å². The lowest BCUT2D eigenvalue weighted by Gasteiger charge is -2.29. The highest BCUT2D eigenvalue weighted by Gasteiger charge is 2.39. The van der Waals surface area contributed by atoms with Gasteiger partial charge in [0.1, 0.15) is 11.6 Å². The van der Waals surface area contributed by atoms with Crippen molar-refractivity contribution in [3.63, 3.8) is 0 Å². The number of anilines is 1. The van der Waals surface area contributed by atoms with Gasteiger partial charge in [0.25, 0.3) is 5.91 Å². The number of carbonyl (C=O) groups is 4. The van der Waals surface area contributed by atoms with Gasteiger partial charge in [0.2, 0.25) is 11.8 Å². The summed E-state index contributed by atoms with van der Waals surface area (Å²) in [6, 6.07) is 4.92. The quantitative estimate of drug-likeness (QED) is 0.374. The Labute approximate surface area is 182 Å². The standard InChI is InChI=1S/C23H31N3O5/c1-23(2,3)31-20(28)10-5-4-6-13-24-17-9-7-8-15-16(17)14-26(22(15)30)18-11-12-19(27)25-21(18)29/h7-9,18,24H,4-6,10-14H2,1-3H3,(H,25,27,29). The highest BCUT2D eigenvalue weighted by molar-refractivity contribution is 6.06. The number of esters is 1. The molecule has 0 radical (unpaired) electrons. The number of imide groups is 1. The van der Waals surface area contributed by atoms with Gasteiger partial charge in [0.05, 0.1) is 0 Å². The van der Waals surface area contributed by atoms with Crippen LogP contribution in [0, 0.1) is 0 Å². The second-order valence-electron chi connectivity index (χ2n) is 9.06. The van der Waals surface area contributed by atoms with E-state index in [1.807, 2.05) is 32.9 Å². The van der Waals surface area contributed by atoms with Gasteiger partial charge in [-0.1, -0.05) is 12.5 Å². The second kappa shape index (κ2) is 9.49. The summed E-state index contributed by atoms with van der Waals surface area (Å²) in [5, 5.41) is 5.71. The lowest BCUT2D eigenvalue weighted by molar-refractivity contribution is -0.155. The third kappa shape index (κ3) is 5.83. The largest absolute Gasteiger partial charge is 0.460 e. The highest BCUT2D eigenvalue weighted by atomic mass is 16.6. The number of benzene rings is 1. The topological polar surface area (TPSA) is 105 Å². The van der Waals surface area contributed by atoms with Gasteiger partial charge in [-0.05, 0) is 52.2 Å². The van der Waals surface area contributed by atoms with Gasteiger partial charge >= 0.3 is 5.97 Å². The fraction of sp³-hybridized carbons (Fsp3) is 0.565. The van der Waals surface area contributed by atoms with Crippen LogP contribution in [0.1, 0.15) is 75.2 Å². The van der Waals surface area contributed by atoms with Crippen LogP contribution >= 0.6 is 0 Å². The van der Waals surface area contributed by atoms with E-state index < -0.39 is 17.6 Å². The smallest absolute Gasteiger partial charge is 0.306 e. The SMILES string of the molecule is CC(C)(C)OC(=O)CCCCCNc1cccc2c1CN(C1CCC(=O)NC1=O)C2=O. The molecule has 0 spiro atoms. The first-order valence-corrected chi connectivity index (χ1v) is 10.9. The molecule has 0 saturated carbocycles. The number of nitrogens with one attached hydrogen (secondary N) is 2. The summed E-state index contributed by atoms with van der Waals surface area (Å²) in [6.07, 6.45) is 3.55. The Hall–Kier alpha value is -2.90. The molecule has 0 aromatic heterocycles. The van der Waals surface area contributed by atoms with E-state index in [9.17, 15) is 19.2 Å². The van der Waals surface area contributed by atoms with Crippen molar-refractivity contribution in [2.75, 3.05) is 11.9 Å². The van der Waals surface area contributed by atoms with E-state index in [0.717, 1.165) is 37.1 Å². The number of ether oxygens (including phenoxy) is 1. The summed E-state index contributed by atoms with van der Waals surface area (Å²) in [5.41, 5.74) is 1.91. The first-order valence-electron chi connectivity index (χ1n) is 10.9. The molecule has 3 amide bonds. The van der Waals surface area contributed by atoms with Crippen LogP contribution in [0.4, 0.5) is 5.69 Å². The van der Waals surface area contributed by atoms with E-state index in [1.54, 1.807) is 11.0 Å². The molecule has 2 heterocycles. The molecule has 8 heteroatoms. The Balaban J connectivity index is 1.49. The molecule has 1 aromatic rings.